The summed E-state index contributed by atoms with van der Waals surface area (Å²) in [6.45, 7) is 5.88. The van der Waals surface area contributed by atoms with Crippen LogP contribution in [-0.2, 0) is 23.8 Å². The number of carboxylic acids is 1. The Morgan fingerprint density at radius 1 is 0.947 bits per heavy atom. The average Bonchev–Trinajstić information content (AvgIpc) is 2.39. The fraction of sp³-hybridized carbons (Fsp3) is 0.846. The molecule has 0 saturated heterocycles. The number of carbonyl (C=O) groups is 2. The van der Waals surface area contributed by atoms with Gasteiger partial charge in [-0.25, -0.2) is 4.79 Å². The number of hydrogen-bond donors (Lipinski definition) is 1. The van der Waals surface area contributed by atoms with Gasteiger partial charge in [0, 0.05) is 6.61 Å². The predicted octanol–water partition coefficient (Wildman–Crippen LogP) is 1.62. The Morgan fingerprint density at radius 2 is 1.42 bits per heavy atom. The van der Waals surface area contributed by atoms with Crippen LogP contribution in [0, 0.1) is 0 Å². The molecule has 6 heteroatoms. The SMILES string of the molecule is CCCOCC(=O)C(OCCC)(OCCC)C(=O)O. The maximum Gasteiger partial charge on any atom is 0.373 e. The minimum Gasteiger partial charge on any atom is -0.477 e. The molecule has 0 rings (SSSR count). The van der Waals surface area contributed by atoms with Gasteiger partial charge >= 0.3 is 11.8 Å². The Morgan fingerprint density at radius 3 is 1.79 bits per heavy atom. The Balaban J connectivity index is 4.85. The Labute approximate surface area is 114 Å². The lowest BCUT2D eigenvalue weighted by molar-refractivity contribution is -0.238. The molecular formula is C13H24O6. The quantitative estimate of drug-likeness (QED) is 0.331. The minimum atomic E-state index is -2.24. The van der Waals surface area contributed by atoms with E-state index < -0.39 is 17.5 Å². The first-order chi connectivity index (χ1) is 9.05. The Kier molecular flexibility index (Phi) is 9.38. The molecule has 0 amide bonds. The van der Waals surface area contributed by atoms with Gasteiger partial charge in [0.05, 0.1) is 13.2 Å². The highest BCUT2D eigenvalue weighted by atomic mass is 16.7. The third-order valence-corrected chi connectivity index (χ3v) is 2.25. The van der Waals surface area contributed by atoms with E-state index in [1.165, 1.54) is 0 Å². The summed E-state index contributed by atoms with van der Waals surface area (Å²) >= 11 is 0. The molecule has 0 aromatic rings. The molecular weight excluding hydrogens is 252 g/mol. The highest BCUT2D eigenvalue weighted by molar-refractivity contribution is 6.05. The molecule has 0 saturated carbocycles. The summed E-state index contributed by atoms with van der Waals surface area (Å²) in [6, 6.07) is 0. The molecule has 0 unspecified atom stereocenters. The summed E-state index contributed by atoms with van der Waals surface area (Å²) in [7, 11) is 0. The van der Waals surface area contributed by atoms with Crippen molar-refractivity contribution < 1.29 is 28.9 Å². The van der Waals surface area contributed by atoms with E-state index in [-0.39, 0.29) is 19.8 Å². The highest BCUT2D eigenvalue weighted by Crippen LogP contribution is 2.17. The van der Waals surface area contributed by atoms with Crippen LogP contribution in [0.4, 0.5) is 0 Å². The Bertz CT molecular complexity index is 268. The van der Waals surface area contributed by atoms with E-state index in [2.05, 4.69) is 0 Å². The number of rotatable bonds is 12. The van der Waals surface area contributed by atoms with Crippen LogP contribution in [0.2, 0.25) is 0 Å². The van der Waals surface area contributed by atoms with Crippen LogP contribution in [0.5, 0.6) is 0 Å². The van der Waals surface area contributed by atoms with Crippen LogP contribution in [0.15, 0.2) is 0 Å². The van der Waals surface area contributed by atoms with Crippen molar-refractivity contribution in [3.05, 3.63) is 0 Å². The number of carbonyl (C=O) groups excluding carboxylic acids is 1. The van der Waals surface area contributed by atoms with E-state index in [0.717, 1.165) is 6.42 Å². The van der Waals surface area contributed by atoms with Crippen molar-refractivity contribution in [1.82, 2.24) is 0 Å². The normalized spacial score (nSPS) is 11.5. The first kappa shape index (κ1) is 18.0. The van der Waals surface area contributed by atoms with Crippen LogP contribution in [-0.4, -0.2) is 49.1 Å². The zero-order valence-corrected chi connectivity index (χ0v) is 11.9. The second-order valence-corrected chi connectivity index (χ2v) is 4.09. The molecule has 0 bridgehead atoms. The second kappa shape index (κ2) is 9.89. The third-order valence-electron chi connectivity index (χ3n) is 2.25. The Hall–Kier alpha value is -0.980. The number of carboxylic acid groups (broad SMARTS) is 1. The van der Waals surface area contributed by atoms with Crippen molar-refractivity contribution in [2.24, 2.45) is 0 Å². The lowest BCUT2D eigenvalue weighted by atomic mass is 10.1. The van der Waals surface area contributed by atoms with Crippen molar-refractivity contribution in [3.8, 4) is 0 Å². The molecule has 0 spiro atoms. The lowest BCUT2D eigenvalue weighted by Crippen LogP contribution is -2.53. The van der Waals surface area contributed by atoms with E-state index in [1.807, 2.05) is 20.8 Å². The average molecular weight is 276 g/mol. The lowest BCUT2D eigenvalue weighted by Gasteiger charge is -2.27. The number of Topliss-reactive ketones (excluding diaryl/α,β-unsaturated/α-hetero) is 1. The van der Waals surface area contributed by atoms with E-state index in [0.29, 0.717) is 19.4 Å². The molecule has 0 atom stereocenters. The topological polar surface area (TPSA) is 82.1 Å². The van der Waals surface area contributed by atoms with Crippen molar-refractivity contribution >= 4 is 11.8 Å². The second-order valence-electron chi connectivity index (χ2n) is 4.09. The van der Waals surface area contributed by atoms with Gasteiger partial charge in [0.15, 0.2) is 0 Å². The molecule has 0 fully saturated rings. The molecule has 112 valence electrons. The van der Waals surface area contributed by atoms with E-state index in [1.54, 1.807) is 0 Å². The maximum atomic E-state index is 12.0. The molecule has 0 heterocycles. The minimum absolute atomic E-state index is 0.134. The van der Waals surface area contributed by atoms with Gasteiger partial charge in [-0.05, 0) is 19.3 Å². The summed E-state index contributed by atoms with van der Waals surface area (Å²) in [5, 5.41) is 9.28. The highest BCUT2D eigenvalue weighted by Gasteiger charge is 2.48. The smallest absolute Gasteiger partial charge is 0.373 e. The van der Waals surface area contributed by atoms with Crippen LogP contribution in [0.25, 0.3) is 0 Å². The zero-order valence-electron chi connectivity index (χ0n) is 11.9. The van der Waals surface area contributed by atoms with E-state index >= 15 is 0 Å². The van der Waals surface area contributed by atoms with Crippen LogP contribution < -0.4 is 0 Å². The van der Waals surface area contributed by atoms with E-state index in [9.17, 15) is 14.7 Å². The maximum absolute atomic E-state index is 12.0. The molecule has 19 heavy (non-hydrogen) atoms. The summed E-state index contributed by atoms with van der Waals surface area (Å²) in [6.07, 6.45) is 1.93. The predicted molar refractivity (Wildman–Crippen MR) is 69.0 cm³/mol. The van der Waals surface area contributed by atoms with Gasteiger partial charge in [-0.1, -0.05) is 20.8 Å². The van der Waals surface area contributed by atoms with Gasteiger partial charge in [-0.3, -0.25) is 4.79 Å². The molecule has 0 aliphatic carbocycles. The largest absolute Gasteiger partial charge is 0.477 e. The van der Waals surface area contributed by atoms with E-state index in [4.69, 9.17) is 14.2 Å². The molecule has 6 nitrogen and oxygen atoms in total. The number of ketones is 1. The summed E-state index contributed by atoms with van der Waals surface area (Å²) in [5.41, 5.74) is 0. The van der Waals surface area contributed by atoms with Gasteiger partial charge in [0.1, 0.15) is 6.61 Å². The molecule has 0 aliphatic rings. The zero-order chi connectivity index (χ0) is 14.7. The van der Waals surface area contributed by atoms with Crippen molar-refractivity contribution in [3.63, 3.8) is 0 Å². The fourth-order valence-corrected chi connectivity index (χ4v) is 1.34. The summed E-state index contributed by atoms with van der Waals surface area (Å²) < 4.78 is 15.5. The van der Waals surface area contributed by atoms with Gasteiger partial charge < -0.3 is 19.3 Å². The molecule has 1 N–H and O–H groups in total. The van der Waals surface area contributed by atoms with Crippen molar-refractivity contribution in [1.29, 1.82) is 0 Å². The first-order valence-corrected chi connectivity index (χ1v) is 6.67. The molecule has 0 aliphatic heterocycles. The van der Waals surface area contributed by atoms with Crippen LogP contribution in [0.3, 0.4) is 0 Å². The summed E-state index contributed by atoms with van der Waals surface area (Å²) in [5.74, 6) is -4.38. The van der Waals surface area contributed by atoms with Crippen molar-refractivity contribution in [2.75, 3.05) is 26.4 Å². The molecule has 0 aromatic carbocycles. The van der Waals surface area contributed by atoms with Gasteiger partial charge in [-0.2, -0.15) is 0 Å². The van der Waals surface area contributed by atoms with Gasteiger partial charge in [0.2, 0.25) is 5.78 Å². The monoisotopic (exact) mass is 276 g/mol. The van der Waals surface area contributed by atoms with Crippen LogP contribution in [0.1, 0.15) is 40.0 Å². The van der Waals surface area contributed by atoms with Gasteiger partial charge in [0.25, 0.3) is 0 Å². The number of ether oxygens (including phenoxy) is 3. The molecule has 0 aromatic heterocycles. The third kappa shape index (κ3) is 5.67. The van der Waals surface area contributed by atoms with Crippen molar-refractivity contribution in [2.45, 2.75) is 45.8 Å². The number of aliphatic carboxylic acids is 1. The fourth-order valence-electron chi connectivity index (χ4n) is 1.34. The number of hydrogen-bond acceptors (Lipinski definition) is 5. The molecule has 0 radical (unpaired) electrons. The standard InChI is InChI=1S/C13H24O6/c1-4-7-17-10-11(14)13(12(15)16,18-8-5-2)19-9-6-3/h4-10H2,1-3H3,(H,15,16). The first-order valence-electron chi connectivity index (χ1n) is 6.67. The summed E-state index contributed by atoms with van der Waals surface area (Å²) in [4.78, 5) is 23.4. The van der Waals surface area contributed by atoms with Crippen LogP contribution >= 0.6 is 0 Å². The van der Waals surface area contributed by atoms with Gasteiger partial charge in [-0.15, -0.1) is 0 Å².